The highest BCUT2D eigenvalue weighted by Crippen LogP contribution is 2.43. The molecule has 4 rings (SSSR count). The van der Waals surface area contributed by atoms with Crippen molar-refractivity contribution in [2.24, 2.45) is 0 Å². The lowest BCUT2D eigenvalue weighted by Crippen LogP contribution is -2.58. The van der Waals surface area contributed by atoms with Gasteiger partial charge in [-0.05, 0) is 13.0 Å². The number of halogens is 3. The molecule has 1 amide bonds. The first kappa shape index (κ1) is 26.9. The Bertz CT molecular complexity index is 988. The number of amides is 1. The molecule has 0 bridgehead atoms. The number of rotatable bonds is 7. The summed E-state index contributed by atoms with van der Waals surface area (Å²) in [6.45, 7) is 10.2. The van der Waals surface area contributed by atoms with Crippen LogP contribution in [0.15, 0.2) is 23.8 Å². The summed E-state index contributed by atoms with van der Waals surface area (Å²) in [4.78, 5) is 26.0. The number of thiazole rings is 1. The summed E-state index contributed by atoms with van der Waals surface area (Å²) in [5, 5.41) is 6.52. The fraction of sp³-hybridized carbons (Fsp3) is 0.625. The zero-order valence-electron chi connectivity index (χ0n) is 20.2. The fourth-order valence-corrected chi connectivity index (χ4v) is 5.55. The van der Waals surface area contributed by atoms with E-state index in [1.807, 2.05) is 19.2 Å². The molecule has 1 saturated heterocycles. The predicted molar refractivity (Wildman–Crippen MR) is 134 cm³/mol. The smallest absolute Gasteiger partial charge is 0.289 e. The minimum Gasteiger partial charge on any atom is -0.311 e. The van der Waals surface area contributed by atoms with Crippen molar-refractivity contribution in [3.05, 3.63) is 40.1 Å². The van der Waals surface area contributed by atoms with Crippen molar-refractivity contribution in [2.45, 2.75) is 70.4 Å². The Morgan fingerprint density at radius 2 is 2.12 bits per heavy atom. The van der Waals surface area contributed by atoms with Crippen LogP contribution in [-0.2, 0) is 22.6 Å². The fourth-order valence-electron chi connectivity index (χ4n) is 4.86. The summed E-state index contributed by atoms with van der Waals surface area (Å²) in [7, 11) is 0. The molecule has 1 fully saturated rings. The van der Waals surface area contributed by atoms with Crippen molar-refractivity contribution in [2.75, 3.05) is 31.1 Å². The number of aromatic nitrogens is 2. The van der Waals surface area contributed by atoms with E-state index in [2.05, 4.69) is 27.1 Å². The van der Waals surface area contributed by atoms with E-state index >= 15 is 0 Å². The van der Waals surface area contributed by atoms with Crippen molar-refractivity contribution in [3.8, 4) is 0 Å². The van der Waals surface area contributed by atoms with Gasteiger partial charge in [0.25, 0.3) is 5.92 Å². The second kappa shape index (κ2) is 10.5. The highest BCUT2D eigenvalue weighted by atomic mass is 35.5. The van der Waals surface area contributed by atoms with E-state index in [0.29, 0.717) is 18.7 Å². The Morgan fingerprint density at radius 3 is 2.79 bits per heavy atom. The molecule has 0 radical (unpaired) electrons. The van der Waals surface area contributed by atoms with Gasteiger partial charge in [0, 0.05) is 73.3 Å². The molecular formula is C24H34ClF2N5OS. The third kappa shape index (κ3) is 5.58. The minimum atomic E-state index is -3.00. The van der Waals surface area contributed by atoms with Gasteiger partial charge in [0.1, 0.15) is 5.69 Å². The molecule has 2 aliphatic rings. The number of anilines is 1. The van der Waals surface area contributed by atoms with Gasteiger partial charge in [-0.15, -0.1) is 23.7 Å². The molecule has 4 heterocycles. The molecule has 34 heavy (non-hydrogen) atoms. The van der Waals surface area contributed by atoms with E-state index in [1.165, 1.54) is 6.07 Å². The van der Waals surface area contributed by atoms with Gasteiger partial charge in [-0.1, -0.05) is 27.2 Å². The average Bonchev–Trinajstić information content (AvgIpc) is 3.35. The Labute approximate surface area is 210 Å². The number of hydrogen-bond acceptors (Lipinski definition) is 6. The summed E-state index contributed by atoms with van der Waals surface area (Å²) in [6, 6.07) is 1.87. The van der Waals surface area contributed by atoms with Crippen LogP contribution >= 0.6 is 23.7 Å². The third-order valence-corrected chi connectivity index (χ3v) is 7.46. The second-order valence-electron chi connectivity index (χ2n) is 9.93. The van der Waals surface area contributed by atoms with E-state index in [1.54, 1.807) is 35.6 Å². The van der Waals surface area contributed by atoms with Crippen molar-refractivity contribution in [1.29, 1.82) is 0 Å². The van der Waals surface area contributed by atoms with Gasteiger partial charge in [0.2, 0.25) is 5.91 Å². The number of nitrogens with zero attached hydrogens (tertiary/aromatic N) is 4. The molecular weight excluding hydrogens is 480 g/mol. The molecule has 10 heteroatoms. The molecule has 0 saturated carbocycles. The van der Waals surface area contributed by atoms with Gasteiger partial charge < -0.3 is 10.2 Å². The summed E-state index contributed by atoms with van der Waals surface area (Å²) < 4.78 is 29.2. The number of carbonyl (C=O) groups is 1. The summed E-state index contributed by atoms with van der Waals surface area (Å²) in [5.74, 6) is -3.06. The van der Waals surface area contributed by atoms with E-state index in [4.69, 9.17) is 0 Å². The Hall–Kier alpha value is -1.68. The van der Waals surface area contributed by atoms with Crippen LogP contribution in [-0.4, -0.2) is 59.0 Å². The molecule has 0 unspecified atom stereocenters. The Morgan fingerprint density at radius 1 is 1.35 bits per heavy atom. The van der Waals surface area contributed by atoms with Crippen molar-refractivity contribution in [3.63, 3.8) is 0 Å². The van der Waals surface area contributed by atoms with Gasteiger partial charge in [0.15, 0.2) is 0 Å². The SMILES string of the molecule is CCCC(F)(F)c1cc2c(cn1)C(C)(C)CN2C(=O)CN1C[C@@H](C)NC[C@@H]1Cc1nccs1.Cl. The van der Waals surface area contributed by atoms with Crippen LogP contribution in [0.3, 0.4) is 0 Å². The summed E-state index contributed by atoms with van der Waals surface area (Å²) >= 11 is 1.62. The van der Waals surface area contributed by atoms with E-state index in [-0.39, 0.29) is 54.5 Å². The molecule has 0 aromatic carbocycles. The molecule has 2 aliphatic heterocycles. The third-order valence-electron chi connectivity index (χ3n) is 6.65. The first-order valence-electron chi connectivity index (χ1n) is 11.7. The highest BCUT2D eigenvalue weighted by molar-refractivity contribution is 7.09. The number of fused-ring (bicyclic) bond motifs is 1. The monoisotopic (exact) mass is 513 g/mol. The lowest BCUT2D eigenvalue weighted by Gasteiger charge is -2.39. The number of carbonyl (C=O) groups excluding carboxylic acids is 1. The van der Waals surface area contributed by atoms with Gasteiger partial charge in [-0.3, -0.25) is 14.7 Å². The Kier molecular flexibility index (Phi) is 8.33. The van der Waals surface area contributed by atoms with Gasteiger partial charge in [-0.2, -0.15) is 8.78 Å². The van der Waals surface area contributed by atoms with Gasteiger partial charge >= 0.3 is 0 Å². The Balaban J connectivity index is 0.00000324. The van der Waals surface area contributed by atoms with Crippen LogP contribution in [0.1, 0.15) is 56.8 Å². The predicted octanol–water partition coefficient (Wildman–Crippen LogP) is 4.38. The maximum atomic E-state index is 14.6. The number of hydrogen-bond donors (Lipinski definition) is 1. The quantitative estimate of drug-likeness (QED) is 0.595. The highest BCUT2D eigenvalue weighted by Gasteiger charge is 2.42. The van der Waals surface area contributed by atoms with Crippen molar-refractivity contribution >= 4 is 35.3 Å². The first-order chi connectivity index (χ1) is 15.6. The first-order valence-corrected chi connectivity index (χ1v) is 12.5. The zero-order chi connectivity index (χ0) is 23.8. The second-order valence-corrected chi connectivity index (χ2v) is 10.9. The van der Waals surface area contributed by atoms with Gasteiger partial charge in [-0.25, -0.2) is 4.98 Å². The van der Waals surface area contributed by atoms with E-state index in [0.717, 1.165) is 30.1 Å². The molecule has 0 spiro atoms. The molecule has 1 N–H and O–H groups in total. The van der Waals surface area contributed by atoms with Crippen LogP contribution in [0.5, 0.6) is 0 Å². The largest absolute Gasteiger partial charge is 0.311 e. The zero-order valence-corrected chi connectivity index (χ0v) is 21.8. The number of pyridine rings is 1. The minimum absolute atomic E-state index is 0. The van der Waals surface area contributed by atoms with Crippen LogP contribution in [0.4, 0.5) is 14.5 Å². The standard InChI is InChI=1S/C24H33F2N5OS.ClH/c1-5-6-24(25,26)20-10-19-18(12-29-20)23(3,4)15-31(19)22(32)14-30-13-16(2)28-11-17(30)9-21-27-7-8-33-21;/h7-8,10,12,16-17,28H,5-6,9,11,13-15H2,1-4H3;1H/t16-,17+;/m1./s1. The lowest BCUT2D eigenvalue weighted by molar-refractivity contribution is -0.120. The maximum absolute atomic E-state index is 14.6. The van der Waals surface area contributed by atoms with Crippen molar-refractivity contribution in [1.82, 2.24) is 20.2 Å². The molecule has 6 nitrogen and oxygen atoms in total. The molecule has 188 valence electrons. The van der Waals surface area contributed by atoms with Crippen LogP contribution < -0.4 is 10.2 Å². The molecule has 2 atom stereocenters. The number of piperazine rings is 1. The van der Waals surface area contributed by atoms with Crippen molar-refractivity contribution < 1.29 is 13.6 Å². The summed E-state index contributed by atoms with van der Waals surface area (Å²) in [6.07, 6.45) is 4.23. The summed E-state index contributed by atoms with van der Waals surface area (Å²) in [5.41, 5.74) is 0.828. The molecule has 2 aromatic heterocycles. The van der Waals surface area contributed by atoms with Gasteiger partial charge in [0.05, 0.1) is 17.2 Å². The van der Waals surface area contributed by atoms with E-state index < -0.39 is 5.92 Å². The number of nitrogens with one attached hydrogen (secondary N) is 1. The van der Waals surface area contributed by atoms with Crippen LogP contribution in [0.2, 0.25) is 0 Å². The topological polar surface area (TPSA) is 61.4 Å². The molecule has 0 aliphatic carbocycles. The molecule has 2 aromatic rings. The maximum Gasteiger partial charge on any atom is 0.289 e. The number of alkyl halides is 2. The van der Waals surface area contributed by atoms with Crippen LogP contribution in [0, 0.1) is 0 Å². The van der Waals surface area contributed by atoms with E-state index in [9.17, 15) is 13.6 Å². The normalized spacial score (nSPS) is 22.4. The van der Waals surface area contributed by atoms with Crippen LogP contribution in [0.25, 0.3) is 0 Å². The average molecular weight is 514 g/mol. The lowest BCUT2D eigenvalue weighted by atomic mass is 9.88.